The van der Waals surface area contributed by atoms with Gasteiger partial charge in [-0.05, 0) is 12.1 Å². The fraction of sp³-hybridized carbons (Fsp3) is 0.333. The Hall–Kier alpha value is -2.69. The summed E-state index contributed by atoms with van der Waals surface area (Å²) in [5.74, 6) is -0.0612. The second kappa shape index (κ2) is 9.88. The van der Waals surface area contributed by atoms with E-state index in [2.05, 4.69) is 20.3 Å². The molecule has 0 spiro atoms. The maximum absolute atomic E-state index is 12.4. The summed E-state index contributed by atoms with van der Waals surface area (Å²) in [6.07, 6.45) is 1.78. The van der Waals surface area contributed by atoms with Gasteiger partial charge in [-0.3, -0.25) is 9.36 Å². The molecule has 0 bridgehead atoms. The number of aliphatic hydroxyl groups excluding tert-OH is 1. The second-order valence-electron chi connectivity index (χ2n) is 6.19. The number of aliphatic hydroxyl groups is 1. The molecule has 3 rings (SSSR count). The predicted octanol–water partition coefficient (Wildman–Crippen LogP) is 1.90. The van der Waals surface area contributed by atoms with Crippen molar-refractivity contribution in [3.63, 3.8) is 0 Å². The van der Waals surface area contributed by atoms with Crippen molar-refractivity contribution < 1.29 is 28.3 Å². The molecule has 3 aromatic rings. The van der Waals surface area contributed by atoms with E-state index in [1.165, 1.54) is 26.9 Å². The molecule has 0 saturated carbocycles. The number of benzene rings is 1. The molecule has 0 radical (unpaired) electrons. The first-order chi connectivity index (χ1) is 14.5. The van der Waals surface area contributed by atoms with Gasteiger partial charge < -0.3 is 28.8 Å². The van der Waals surface area contributed by atoms with Crippen molar-refractivity contribution in [2.24, 2.45) is 0 Å². The molecule has 0 unspecified atom stereocenters. The van der Waals surface area contributed by atoms with Crippen molar-refractivity contribution in [1.82, 2.24) is 19.5 Å². The summed E-state index contributed by atoms with van der Waals surface area (Å²) in [7, 11) is -0.857. The van der Waals surface area contributed by atoms with E-state index < -0.39 is 13.7 Å². The van der Waals surface area contributed by atoms with Crippen LogP contribution in [0.3, 0.4) is 0 Å². The van der Waals surface area contributed by atoms with Crippen LogP contribution in [0.4, 0.5) is 5.82 Å². The van der Waals surface area contributed by atoms with Crippen LogP contribution in [0.2, 0.25) is 0 Å². The molecule has 1 amide bonds. The Bertz CT molecular complexity index is 1040. The number of imidazole rings is 1. The van der Waals surface area contributed by atoms with E-state index >= 15 is 0 Å². The molecule has 0 saturated heterocycles. The summed E-state index contributed by atoms with van der Waals surface area (Å²) in [6, 6.07) is 8.72. The number of hydrogen-bond donors (Lipinski definition) is 2. The number of ether oxygens (including phenoxy) is 1. The van der Waals surface area contributed by atoms with E-state index in [0.717, 1.165) is 0 Å². The molecule has 11 nitrogen and oxygen atoms in total. The van der Waals surface area contributed by atoms with E-state index in [0.29, 0.717) is 16.7 Å². The number of amides is 1. The van der Waals surface area contributed by atoms with Gasteiger partial charge in [-0.15, -0.1) is 0 Å². The highest BCUT2D eigenvalue weighted by molar-refractivity contribution is 7.53. The summed E-state index contributed by atoms with van der Waals surface area (Å²) in [6.45, 7) is -0.167. The molecule has 1 atom stereocenters. The fourth-order valence-electron chi connectivity index (χ4n) is 2.63. The van der Waals surface area contributed by atoms with Crippen LogP contribution in [-0.2, 0) is 24.9 Å². The molecular weight excluding hydrogens is 413 g/mol. The average Bonchev–Trinajstić information content (AvgIpc) is 3.20. The number of nitrogens with one attached hydrogen (secondary N) is 1. The van der Waals surface area contributed by atoms with Crippen molar-refractivity contribution in [3.05, 3.63) is 48.5 Å². The van der Waals surface area contributed by atoms with Crippen LogP contribution >= 0.6 is 7.60 Å². The Morgan fingerprint density at radius 1 is 1.20 bits per heavy atom. The molecule has 30 heavy (non-hydrogen) atoms. The van der Waals surface area contributed by atoms with Gasteiger partial charge in [0.1, 0.15) is 12.7 Å². The third kappa shape index (κ3) is 5.07. The third-order valence-electron chi connectivity index (χ3n) is 4.30. The Labute approximate surface area is 172 Å². The molecule has 0 aliphatic rings. The lowest BCUT2D eigenvalue weighted by atomic mass is 10.2. The average molecular weight is 435 g/mol. The lowest BCUT2D eigenvalue weighted by molar-refractivity contribution is 0.0180. The summed E-state index contributed by atoms with van der Waals surface area (Å²) in [5, 5.41) is 12.3. The Morgan fingerprint density at radius 3 is 2.60 bits per heavy atom. The summed E-state index contributed by atoms with van der Waals surface area (Å²) < 4.78 is 28.9. The zero-order valence-corrected chi connectivity index (χ0v) is 17.4. The van der Waals surface area contributed by atoms with E-state index in [1.807, 2.05) is 6.07 Å². The molecule has 0 fully saturated rings. The van der Waals surface area contributed by atoms with E-state index in [9.17, 15) is 14.5 Å². The predicted molar refractivity (Wildman–Crippen MR) is 108 cm³/mol. The molecule has 0 aliphatic carbocycles. The number of rotatable bonds is 10. The van der Waals surface area contributed by atoms with Gasteiger partial charge in [0.2, 0.25) is 0 Å². The summed E-state index contributed by atoms with van der Waals surface area (Å²) >= 11 is 0. The largest absolute Gasteiger partial charge is 0.394 e. The quantitative estimate of drug-likeness (QED) is 0.457. The van der Waals surface area contributed by atoms with Crippen molar-refractivity contribution in [3.8, 4) is 0 Å². The van der Waals surface area contributed by atoms with Gasteiger partial charge in [0.15, 0.2) is 17.0 Å². The minimum atomic E-state index is -3.37. The first-order valence-corrected chi connectivity index (χ1v) is 10.7. The number of fused-ring (bicyclic) bond motifs is 1. The Morgan fingerprint density at radius 2 is 1.93 bits per heavy atom. The van der Waals surface area contributed by atoms with Crippen molar-refractivity contribution >= 4 is 30.5 Å². The lowest BCUT2D eigenvalue weighted by Crippen LogP contribution is -2.25. The van der Waals surface area contributed by atoms with Gasteiger partial charge in [0, 0.05) is 19.8 Å². The zero-order chi connectivity index (χ0) is 21.6. The zero-order valence-electron chi connectivity index (χ0n) is 16.5. The molecule has 2 heterocycles. The minimum absolute atomic E-state index is 0.170. The highest BCUT2D eigenvalue weighted by Crippen LogP contribution is 2.46. The van der Waals surface area contributed by atoms with Crippen LogP contribution in [0.15, 0.2) is 43.0 Å². The fourth-order valence-corrected chi connectivity index (χ4v) is 3.39. The van der Waals surface area contributed by atoms with E-state index in [1.54, 1.807) is 28.8 Å². The topological polar surface area (TPSA) is 138 Å². The van der Waals surface area contributed by atoms with Crippen LogP contribution in [0, 0.1) is 0 Å². The summed E-state index contributed by atoms with van der Waals surface area (Å²) in [4.78, 5) is 25.0. The van der Waals surface area contributed by atoms with Crippen LogP contribution in [0.1, 0.15) is 10.4 Å². The van der Waals surface area contributed by atoms with Gasteiger partial charge in [-0.1, -0.05) is 18.2 Å². The van der Waals surface area contributed by atoms with Gasteiger partial charge in [0.25, 0.3) is 5.91 Å². The molecule has 2 N–H and O–H groups in total. The Balaban J connectivity index is 1.75. The molecule has 12 heteroatoms. The van der Waals surface area contributed by atoms with Crippen LogP contribution < -0.4 is 5.32 Å². The Kier molecular flexibility index (Phi) is 7.24. The highest BCUT2D eigenvalue weighted by Gasteiger charge is 2.24. The SMILES string of the molecule is COP(=O)(CO[C@H](CO)Cn1cnc2c(NC(=O)c3ccccc3)ncnc21)OC. The number of carbonyl (C=O) groups is 1. The smallest absolute Gasteiger partial charge is 0.355 e. The number of anilines is 1. The number of nitrogens with zero attached hydrogens (tertiary/aromatic N) is 4. The highest BCUT2D eigenvalue weighted by atomic mass is 31.2. The van der Waals surface area contributed by atoms with E-state index in [4.69, 9.17) is 13.8 Å². The third-order valence-corrected chi connectivity index (χ3v) is 5.88. The monoisotopic (exact) mass is 435 g/mol. The van der Waals surface area contributed by atoms with Crippen LogP contribution in [0.25, 0.3) is 11.2 Å². The number of hydrogen-bond acceptors (Lipinski definition) is 9. The molecule has 2 aromatic heterocycles. The second-order valence-corrected chi connectivity index (χ2v) is 8.40. The molecule has 160 valence electrons. The summed E-state index contributed by atoms with van der Waals surface area (Å²) in [5.41, 5.74) is 1.31. The normalized spacial score (nSPS) is 12.8. The number of aromatic nitrogens is 4. The van der Waals surface area contributed by atoms with E-state index in [-0.39, 0.29) is 31.2 Å². The standard InChI is InChI=1S/C18H22N5O6P/c1-27-30(26,28-2)12-29-14(9-24)8-23-11-21-15-16(19-10-20-17(15)23)22-18(25)13-6-4-3-5-7-13/h3-7,10-11,14,24H,8-9,12H2,1-2H3,(H,19,20,22,25)/t14-/m0/s1. The van der Waals surface area contributed by atoms with Gasteiger partial charge in [-0.2, -0.15) is 0 Å². The lowest BCUT2D eigenvalue weighted by Gasteiger charge is -2.19. The number of carbonyl (C=O) groups excluding carboxylic acids is 1. The van der Waals surface area contributed by atoms with Crippen molar-refractivity contribution in [1.29, 1.82) is 0 Å². The van der Waals surface area contributed by atoms with Crippen LogP contribution in [0.5, 0.6) is 0 Å². The van der Waals surface area contributed by atoms with Gasteiger partial charge >= 0.3 is 7.60 Å². The minimum Gasteiger partial charge on any atom is -0.394 e. The maximum atomic E-state index is 12.4. The molecule has 1 aromatic carbocycles. The van der Waals surface area contributed by atoms with Crippen LogP contribution in [-0.4, -0.2) is 63.8 Å². The first kappa shape index (κ1) is 22.0. The molecule has 0 aliphatic heterocycles. The maximum Gasteiger partial charge on any atom is 0.355 e. The molecular formula is C18H22N5O6P. The van der Waals surface area contributed by atoms with Crippen molar-refractivity contribution in [2.75, 3.05) is 32.5 Å². The van der Waals surface area contributed by atoms with Gasteiger partial charge in [-0.25, -0.2) is 15.0 Å². The van der Waals surface area contributed by atoms with Gasteiger partial charge in [0.05, 0.1) is 25.6 Å². The first-order valence-electron chi connectivity index (χ1n) is 8.95. The van der Waals surface area contributed by atoms with Crippen molar-refractivity contribution in [2.45, 2.75) is 12.6 Å².